The summed E-state index contributed by atoms with van der Waals surface area (Å²) in [4.78, 5) is 15.1. The average Bonchev–Trinajstić information content (AvgIpc) is 3.60. The molecule has 0 saturated carbocycles. The fourth-order valence-corrected chi connectivity index (χ4v) is 7.95. The highest BCUT2D eigenvalue weighted by molar-refractivity contribution is 7.71. The van der Waals surface area contributed by atoms with Crippen molar-refractivity contribution in [2.45, 2.75) is 66.1 Å². The zero-order valence-corrected chi connectivity index (χ0v) is 27.7. The predicted octanol–water partition coefficient (Wildman–Crippen LogP) is 6.45. The van der Waals surface area contributed by atoms with Crippen LogP contribution < -0.4 is 19.3 Å². The van der Waals surface area contributed by atoms with Crippen LogP contribution in [0, 0.1) is 4.77 Å². The van der Waals surface area contributed by atoms with Crippen molar-refractivity contribution in [3.63, 3.8) is 0 Å². The van der Waals surface area contributed by atoms with Crippen molar-refractivity contribution in [2.75, 3.05) is 0 Å². The highest BCUT2D eigenvalue weighted by Crippen LogP contribution is 2.36. The van der Waals surface area contributed by atoms with E-state index in [9.17, 15) is 9.90 Å². The van der Waals surface area contributed by atoms with E-state index in [2.05, 4.69) is 85.2 Å². The normalized spacial score (nSPS) is 12.5. The third-order valence-corrected chi connectivity index (χ3v) is 10.4. The van der Waals surface area contributed by atoms with Crippen LogP contribution in [0.4, 0.5) is 0 Å². The molecule has 0 saturated heterocycles. The van der Waals surface area contributed by atoms with Gasteiger partial charge in [0.25, 0.3) is 10.6 Å². The van der Waals surface area contributed by atoms with Crippen LogP contribution in [-0.4, -0.2) is 18.8 Å². The predicted molar refractivity (Wildman–Crippen MR) is 182 cm³/mol. The van der Waals surface area contributed by atoms with Crippen molar-refractivity contribution in [1.82, 2.24) is 13.7 Å². The van der Waals surface area contributed by atoms with Crippen molar-refractivity contribution in [3.8, 4) is 27.6 Å². The van der Waals surface area contributed by atoms with Gasteiger partial charge in [-0.3, -0.25) is 13.9 Å². The third kappa shape index (κ3) is 6.25. The van der Waals surface area contributed by atoms with Crippen molar-refractivity contribution in [2.24, 2.45) is 7.05 Å². The van der Waals surface area contributed by atoms with E-state index in [1.54, 1.807) is 26.5 Å². The van der Waals surface area contributed by atoms with Crippen molar-refractivity contribution < 1.29 is 9.67 Å². The highest BCUT2D eigenvalue weighted by Gasteiger charge is 2.28. The van der Waals surface area contributed by atoms with Gasteiger partial charge in [-0.25, -0.2) is 0 Å². The van der Waals surface area contributed by atoms with E-state index >= 15 is 0 Å². The number of hydrogen-bond acceptors (Lipinski definition) is 5. The SMILES string of the molecule is CCCCn1c(=O)/c(=C/c2c(O)n(CC)c(=S)n2C)s/c1=C/c1sc(-c2ccccc2)c(-c2ccccc2)[n+]1CCCC. The monoisotopic (exact) mass is 631 g/mol. The van der Waals surface area contributed by atoms with Gasteiger partial charge >= 0.3 is 0 Å². The second-order valence-electron chi connectivity index (χ2n) is 10.6. The lowest BCUT2D eigenvalue weighted by Crippen LogP contribution is -2.38. The minimum atomic E-state index is -0.0394. The van der Waals surface area contributed by atoms with E-state index < -0.39 is 0 Å². The molecule has 0 fully saturated rings. The Hall–Kier alpha value is -3.53. The van der Waals surface area contributed by atoms with Gasteiger partial charge < -0.3 is 9.67 Å². The minimum Gasteiger partial charge on any atom is -0.493 e. The van der Waals surface area contributed by atoms with E-state index in [1.807, 2.05) is 18.5 Å². The molecule has 5 rings (SSSR count). The van der Waals surface area contributed by atoms with Gasteiger partial charge in [-0.2, -0.15) is 4.57 Å². The molecule has 2 aromatic carbocycles. The number of imidazole rings is 1. The Morgan fingerprint density at radius 2 is 1.53 bits per heavy atom. The fraction of sp³-hybridized carbons (Fsp3) is 0.324. The Morgan fingerprint density at radius 3 is 2.14 bits per heavy atom. The van der Waals surface area contributed by atoms with Crippen LogP contribution in [0.5, 0.6) is 5.88 Å². The van der Waals surface area contributed by atoms with Gasteiger partial charge in [-0.05, 0) is 49.3 Å². The number of hydrogen-bond donors (Lipinski definition) is 1. The molecule has 0 atom stereocenters. The Morgan fingerprint density at radius 1 is 0.884 bits per heavy atom. The van der Waals surface area contributed by atoms with Crippen molar-refractivity contribution in [3.05, 3.63) is 95.7 Å². The Labute approximate surface area is 265 Å². The summed E-state index contributed by atoms with van der Waals surface area (Å²) in [6, 6.07) is 21.2. The molecule has 3 aromatic heterocycles. The molecule has 6 nitrogen and oxygen atoms in total. The van der Waals surface area contributed by atoms with Crippen LogP contribution in [-0.2, 0) is 26.7 Å². The van der Waals surface area contributed by atoms with Crippen LogP contribution in [0.1, 0.15) is 57.2 Å². The molecule has 3 heterocycles. The molecule has 5 aromatic rings. The van der Waals surface area contributed by atoms with Crippen LogP contribution in [0.2, 0.25) is 0 Å². The second kappa shape index (κ2) is 13.8. The van der Waals surface area contributed by atoms with Gasteiger partial charge in [0.15, 0.2) is 11.3 Å². The summed E-state index contributed by atoms with van der Waals surface area (Å²) in [5, 5.41) is 12.0. The molecule has 0 radical (unpaired) electrons. The van der Waals surface area contributed by atoms with E-state index in [-0.39, 0.29) is 11.4 Å². The van der Waals surface area contributed by atoms with Gasteiger partial charge in [0.2, 0.25) is 11.6 Å². The molecule has 0 aliphatic rings. The Kier molecular flexibility index (Phi) is 9.95. The summed E-state index contributed by atoms with van der Waals surface area (Å²) in [6.45, 7) is 8.38. The quantitative estimate of drug-likeness (QED) is 0.135. The molecule has 43 heavy (non-hydrogen) atoms. The molecule has 0 bridgehead atoms. The molecule has 0 amide bonds. The molecule has 0 aliphatic heterocycles. The summed E-state index contributed by atoms with van der Waals surface area (Å²) in [5.41, 5.74) is 4.08. The largest absolute Gasteiger partial charge is 0.493 e. The Bertz CT molecular complexity index is 1940. The zero-order valence-electron chi connectivity index (χ0n) is 25.2. The van der Waals surface area contributed by atoms with Crippen LogP contribution in [0.3, 0.4) is 0 Å². The van der Waals surface area contributed by atoms with Gasteiger partial charge in [0.05, 0.1) is 10.6 Å². The second-order valence-corrected chi connectivity index (χ2v) is 13.0. The van der Waals surface area contributed by atoms with E-state index in [1.165, 1.54) is 33.0 Å². The molecular weight excluding hydrogens is 593 g/mol. The molecule has 9 heteroatoms. The zero-order chi connectivity index (χ0) is 30.5. The van der Waals surface area contributed by atoms with Gasteiger partial charge in [-0.1, -0.05) is 86.6 Å². The summed E-state index contributed by atoms with van der Waals surface area (Å²) in [5.74, 6) is 0.0871. The summed E-state index contributed by atoms with van der Waals surface area (Å²) < 4.78 is 9.79. The summed E-state index contributed by atoms with van der Waals surface area (Å²) in [6.07, 6.45) is 8.00. The first-order chi connectivity index (χ1) is 20.9. The maximum atomic E-state index is 13.8. The number of aromatic nitrogens is 4. The first-order valence-electron chi connectivity index (χ1n) is 15.0. The molecule has 0 aliphatic carbocycles. The fourth-order valence-electron chi connectivity index (χ4n) is 5.26. The van der Waals surface area contributed by atoms with Crippen LogP contribution in [0.15, 0.2) is 65.5 Å². The van der Waals surface area contributed by atoms with E-state index in [0.717, 1.165) is 41.9 Å². The molecular formula is C34H39N4O2S3+. The number of thiazole rings is 2. The maximum absolute atomic E-state index is 13.8. The topological polar surface area (TPSA) is 56.0 Å². The van der Waals surface area contributed by atoms with Gasteiger partial charge in [0.1, 0.15) is 15.2 Å². The molecule has 0 unspecified atom stereocenters. The molecule has 1 N–H and O–H groups in total. The van der Waals surface area contributed by atoms with Crippen molar-refractivity contribution >= 4 is 47.0 Å². The van der Waals surface area contributed by atoms with Crippen LogP contribution >= 0.6 is 34.9 Å². The van der Waals surface area contributed by atoms with Crippen LogP contribution in [0.25, 0.3) is 33.9 Å². The van der Waals surface area contributed by atoms with Crippen molar-refractivity contribution in [1.29, 1.82) is 0 Å². The number of benzene rings is 2. The lowest BCUT2D eigenvalue weighted by Gasteiger charge is -2.04. The van der Waals surface area contributed by atoms with E-state index in [4.69, 9.17) is 12.2 Å². The van der Waals surface area contributed by atoms with Gasteiger partial charge in [-0.15, -0.1) is 11.3 Å². The first-order valence-corrected chi connectivity index (χ1v) is 17.0. The van der Waals surface area contributed by atoms with E-state index in [0.29, 0.717) is 28.1 Å². The highest BCUT2D eigenvalue weighted by atomic mass is 32.1. The minimum absolute atomic E-state index is 0.0394. The first kappa shape index (κ1) is 30.9. The summed E-state index contributed by atoms with van der Waals surface area (Å²) in [7, 11) is 1.83. The Balaban J connectivity index is 1.79. The van der Waals surface area contributed by atoms with Gasteiger partial charge in [0, 0.05) is 32.1 Å². The maximum Gasteiger partial charge on any atom is 0.269 e. The standard InChI is InChI=1S/C34H38N4O2S3/c1-5-8-20-37-28(43-31(25-18-14-11-15-19-25)30(37)24-16-12-10-13-17-24)23-29-38(21-9-6-2)33(40)27(42-29)22-26-32(39)36(7-3)34(41)35(26)4/h10-19,22-23H,5-9,20-21H2,1-4H3/p+1. The lowest BCUT2D eigenvalue weighted by atomic mass is 10.1. The number of aromatic hydroxyl groups is 1. The molecule has 0 spiro atoms. The average molecular weight is 632 g/mol. The number of rotatable bonds is 11. The molecule has 224 valence electrons. The number of nitrogens with zero attached hydrogens (tertiary/aromatic N) is 4. The number of unbranched alkanes of at least 4 members (excludes halogenated alkanes) is 2. The smallest absolute Gasteiger partial charge is 0.269 e. The lowest BCUT2D eigenvalue weighted by molar-refractivity contribution is -0.683. The summed E-state index contributed by atoms with van der Waals surface area (Å²) >= 11 is 8.77. The third-order valence-electron chi connectivity index (χ3n) is 7.64.